The summed E-state index contributed by atoms with van der Waals surface area (Å²) in [5, 5.41) is 15.7. The smallest absolute Gasteiger partial charge is 0.390 e. The molecule has 0 amide bonds. The van der Waals surface area contributed by atoms with Crippen LogP contribution in [0.25, 0.3) is 0 Å². The Morgan fingerprint density at radius 3 is 1.80 bits per heavy atom. The molecule has 2 heterocycles. The number of hydrogen-bond acceptors (Lipinski definition) is 2. The van der Waals surface area contributed by atoms with Crippen LogP contribution in [0.2, 0.25) is 0 Å². The molecule has 0 spiro atoms. The van der Waals surface area contributed by atoms with E-state index in [1.807, 2.05) is 0 Å². The number of nitrogens with one attached hydrogen (secondary N) is 1. The van der Waals surface area contributed by atoms with Crippen molar-refractivity contribution in [3.8, 4) is 0 Å². The zero-order valence-electron chi connectivity index (χ0n) is 8.48. The highest BCUT2D eigenvalue weighted by molar-refractivity contribution is 4.85. The maximum absolute atomic E-state index is 9.91. The third kappa shape index (κ3) is 3.62. The highest BCUT2D eigenvalue weighted by Gasteiger charge is 2.47. The van der Waals surface area contributed by atoms with Crippen molar-refractivity contribution in [2.45, 2.75) is 37.6 Å². The lowest BCUT2D eigenvalue weighted by atomic mass is 9.96. The number of fused-ring (bicyclic) bond motifs is 1. The quantitative estimate of drug-likeness (QED) is 0.576. The van der Waals surface area contributed by atoms with E-state index in [2.05, 4.69) is 0 Å². The molecule has 0 unspecified atom stereocenters. The molecule has 2 aliphatic rings. The largest absolute Gasteiger partial charge is 0.519 e. The van der Waals surface area contributed by atoms with Crippen LogP contribution in [-0.2, 0) is 0 Å². The van der Waals surface area contributed by atoms with Crippen molar-refractivity contribution in [1.29, 1.82) is 0 Å². The van der Waals surface area contributed by atoms with Gasteiger partial charge in [-0.05, 0) is 0 Å². The lowest BCUT2D eigenvalue weighted by Crippen LogP contribution is -3.16. The molecule has 0 atom stereocenters. The molecule has 0 aromatic heterocycles. The molecule has 2 saturated heterocycles. The molecule has 0 saturated carbocycles. The van der Waals surface area contributed by atoms with E-state index in [1.54, 1.807) is 4.90 Å². The van der Waals surface area contributed by atoms with E-state index in [9.17, 15) is 18.3 Å². The topological polar surface area (TPSA) is 44.9 Å². The molecule has 6 heteroatoms. The number of aliphatic hydroxyl groups is 2. The van der Waals surface area contributed by atoms with Crippen LogP contribution in [0.15, 0.2) is 0 Å². The Kier molecular flexibility index (Phi) is 3.97. The minimum Gasteiger partial charge on any atom is -0.390 e. The maximum Gasteiger partial charge on any atom is 0.519 e. The average molecular weight is 228 g/mol. The Hall–Kier alpha value is -0.330. The van der Waals surface area contributed by atoms with E-state index in [1.165, 1.54) is 38.8 Å². The summed E-state index contributed by atoms with van der Waals surface area (Å²) < 4.78 is 29.7. The van der Waals surface area contributed by atoms with Gasteiger partial charge in [-0.25, -0.2) is 0 Å². The van der Waals surface area contributed by atoms with Gasteiger partial charge in [-0.2, -0.15) is 0 Å². The Balaban J connectivity index is 0.000000195. The van der Waals surface area contributed by atoms with Crippen molar-refractivity contribution in [3.05, 3.63) is 0 Å². The van der Waals surface area contributed by atoms with Crippen LogP contribution in [0.5, 0.6) is 0 Å². The van der Waals surface area contributed by atoms with Gasteiger partial charge in [-0.15, -0.1) is 13.2 Å². The SMILES string of the molecule is OC(F)(F)F.OCC12CCC[NH+]1CCC2. The molecule has 2 rings (SSSR count). The lowest BCUT2D eigenvalue weighted by Gasteiger charge is -2.25. The Bertz CT molecular complexity index is 192. The van der Waals surface area contributed by atoms with E-state index in [0.29, 0.717) is 12.1 Å². The van der Waals surface area contributed by atoms with Crippen molar-refractivity contribution in [2.75, 3.05) is 19.7 Å². The second-order valence-corrected chi connectivity index (χ2v) is 4.22. The maximum atomic E-state index is 9.91. The Morgan fingerprint density at radius 2 is 1.53 bits per heavy atom. The number of halogens is 3. The monoisotopic (exact) mass is 228 g/mol. The third-order valence-corrected chi connectivity index (χ3v) is 3.32. The second kappa shape index (κ2) is 4.67. The Labute approximate surface area is 86.5 Å². The second-order valence-electron chi connectivity index (χ2n) is 4.22. The van der Waals surface area contributed by atoms with Gasteiger partial charge >= 0.3 is 6.36 Å². The summed E-state index contributed by atoms with van der Waals surface area (Å²) in [7, 11) is 0. The van der Waals surface area contributed by atoms with Crippen LogP contribution in [0.3, 0.4) is 0 Å². The fraction of sp³-hybridized carbons (Fsp3) is 1.00. The molecular formula is C9H17F3NO2+. The summed E-state index contributed by atoms with van der Waals surface area (Å²) in [5.74, 6) is 0. The van der Waals surface area contributed by atoms with Gasteiger partial charge < -0.3 is 15.1 Å². The minimum atomic E-state index is -5.00. The van der Waals surface area contributed by atoms with Crippen LogP contribution < -0.4 is 4.90 Å². The molecular weight excluding hydrogens is 211 g/mol. The van der Waals surface area contributed by atoms with Crippen LogP contribution in [0.1, 0.15) is 25.7 Å². The predicted molar refractivity (Wildman–Crippen MR) is 47.3 cm³/mol. The van der Waals surface area contributed by atoms with Crippen molar-refractivity contribution in [2.24, 2.45) is 0 Å². The average Bonchev–Trinajstić information content (AvgIpc) is 2.57. The molecule has 0 aromatic rings. The lowest BCUT2D eigenvalue weighted by molar-refractivity contribution is -0.926. The van der Waals surface area contributed by atoms with Crippen LogP contribution in [0, 0.1) is 0 Å². The normalized spacial score (nSPS) is 34.6. The molecule has 0 aliphatic carbocycles. The molecule has 0 radical (unpaired) electrons. The first-order valence-corrected chi connectivity index (χ1v) is 5.12. The molecule has 15 heavy (non-hydrogen) atoms. The zero-order valence-corrected chi connectivity index (χ0v) is 8.48. The van der Waals surface area contributed by atoms with E-state index >= 15 is 0 Å². The predicted octanol–water partition coefficient (Wildman–Crippen LogP) is -0.311. The van der Waals surface area contributed by atoms with Crippen molar-refractivity contribution in [3.63, 3.8) is 0 Å². The van der Waals surface area contributed by atoms with Crippen LogP contribution in [-0.4, -0.2) is 41.8 Å². The van der Waals surface area contributed by atoms with Crippen molar-refractivity contribution in [1.82, 2.24) is 0 Å². The van der Waals surface area contributed by atoms with Crippen molar-refractivity contribution < 1.29 is 28.3 Å². The van der Waals surface area contributed by atoms with Crippen LogP contribution >= 0.6 is 0 Å². The molecule has 0 bridgehead atoms. The van der Waals surface area contributed by atoms with Gasteiger partial charge in [0.15, 0.2) is 0 Å². The molecule has 0 aromatic carbocycles. The number of rotatable bonds is 1. The van der Waals surface area contributed by atoms with E-state index in [0.717, 1.165) is 0 Å². The fourth-order valence-electron chi connectivity index (χ4n) is 2.68. The number of alkyl halides is 3. The van der Waals surface area contributed by atoms with Gasteiger partial charge in [0.25, 0.3) is 0 Å². The fourth-order valence-corrected chi connectivity index (χ4v) is 2.68. The first-order valence-electron chi connectivity index (χ1n) is 5.12. The van der Waals surface area contributed by atoms with Gasteiger partial charge in [0.05, 0.1) is 19.7 Å². The summed E-state index contributed by atoms with van der Waals surface area (Å²) >= 11 is 0. The van der Waals surface area contributed by atoms with E-state index in [-0.39, 0.29) is 0 Å². The zero-order chi connectivity index (χ0) is 11.5. The molecule has 90 valence electrons. The summed E-state index contributed by atoms with van der Waals surface area (Å²) in [4.78, 5) is 1.68. The number of aliphatic hydroxyl groups excluding tert-OH is 1. The van der Waals surface area contributed by atoms with E-state index < -0.39 is 6.36 Å². The summed E-state index contributed by atoms with van der Waals surface area (Å²) in [6.07, 6.45) is 0.184. The minimum absolute atomic E-state index is 0.319. The molecule has 2 fully saturated rings. The summed E-state index contributed by atoms with van der Waals surface area (Å²) in [6, 6.07) is 0. The van der Waals surface area contributed by atoms with Gasteiger partial charge in [0.2, 0.25) is 0 Å². The molecule has 2 aliphatic heterocycles. The van der Waals surface area contributed by atoms with Crippen LogP contribution in [0.4, 0.5) is 13.2 Å². The first-order chi connectivity index (χ1) is 6.87. The highest BCUT2D eigenvalue weighted by Crippen LogP contribution is 2.23. The van der Waals surface area contributed by atoms with Gasteiger partial charge in [0, 0.05) is 25.7 Å². The Morgan fingerprint density at radius 1 is 1.13 bits per heavy atom. The molecule has 3 nitrogen and oxygen atoms in total. The number of quaternary nitrogens is 1. The number of hydrogen-bond donors (Lipinski definition) is 3. The highest BCUT2D eigenvalue weighted by atomic mass is 19.4. The third-order valence-electron chi connectivity index (χ3n) is 3.32. The standard InChI is InChI=1S/C8H15NO.CHF3O/c10-7-8-3-1-5-9(8)6-2-4-8;2-1(3,4)5/h10H,1-7H2;5H/p+1. The first kappa shape index (κ1) is 12.7. The summed E-state index contributed by atoms with van der Waals surface area (Å²) in [5.41, 5.74) is 0.319. The molecule has 3 N–H and O–H groups in total. The van der Waals surface area contributed by atoms with Gasteiger partial charge in [-0.1, -0.05) is 0 Å². The summed E-state index contributed by atoms with van der Waals surface area (Å²) in [6.45, 7) is 3.03. The van der Waals surface area contributed by atoms with E-state index in [4.69, 9.17) is 5.11 Å². The van der Waals surface area contributed by atoms with Gasteiger partial charge in [-0.3, -0.25) is 0 Å². The van der Waals surface area contributed by atoms with Crippen molar-refractivity contribution >= 4 is 0 Å². The van der Waals surface area contributed by atoms with Gasteiger partial charge in [0.1, 0.15) is 5.54 Å².